The van der Waals surface area contributed by atoms with Crippen LogP contribution in [0.2, 0.25) is 0 Å². The average molecular weight is 351 g/mol. The summed E-state index contributed by atoms with van der Waals surface area (Å²) in [5, 5.41) is 10.7. The molecule has 4 heteroatoms. The number of halogens is 1. The number of rotatable bonds is 4. The van der Waals surface area contributed by atoms with Gasteiger partial charge in [-0.25, -0.2) is 0 Å². The Morgan fingerprint density at radius 3 is 2.14 bits per heavy atom. The molecule has 0 aliphatic rings. The summed E-state index contributed by atoms with van der Waals surface area (Å²) < 4.78 is 11.6. The van der Waals surface area contributed by atoms with Crippen LogP contribution in [-0.2, 0) is 0 Å². The predicted octanol–water partition coefficient (Wildman–Crippen LogP) is 4.16. The highest BCUT2D eigenvalue weighted by atomic mass is 79.9. The molecule has 0 amide bonds. The number of aryl methyl sites for hydroxylation is 2. The standard InChI is InChI=1S/C17H19BrO3/c1-10-5-12(8-13(18)6-10)17(19)14-9-16(21-4)15(20-3)7-11(14)2/h5-9,17,19H,1-4H3. The second kappa shape index (κ2) is 6.50. The lowest BCUT2D eigenvalue weighted by Gasteiger charge is -2.18. The van der Waals surface area contributed by atoms with Gasteiger partial charge in [-0.1, -0.05) is 22.0 Å². The van der Waals surface area contributed by atoms with E-state index in [2.05, 4.69) is 15.9 Å². The van der Waals surface area contributed by atoms with Gasteiger partial charge in [-0.15, -0.1) is 0 Å². The van der Waals surface area contributed by atoms with Crippen LogP contribution in [0.25, 0.3) is 0 Å². The first-order valence-corrected chi connectivity index (χ1v) is 7.43. The quantitative estimate of drug-likeness (QED) is 0.899. The third-order valence-corrected chi connectivity index (χ3v) is 3.90. The van der Waals surface area contributed by atoms with Crippen LogP contribution in [0.4, 0.5) is 0 Å². The highest BCUT2D eigenvalue weighted by Gasteiger charge is 2.17. The van der Waals surface area contributed by atoms with Gasteiger partial charge >= 0.3 is 0 Å². The normalized spacial score (nSPS) is 12.1. The zero-order chi connectivity index (χ0) is 15.6. The van der Waals surface area contributed by atoms with Crippen molar-refractivity contribution in [2.45, 2.75) is 20.0 Å². The molecule has 2 aromatic rings. The number of ether oxygens (including phenoxy) is 2. The Kier molecular flexibility index (Phi) is 4.91. The van der Waals surface area contributed by atoms with Crippen LogP contribution in [0.3, 0.4) is 0 Å². The van der Waals surface area contributed by atoms with E-state index in [0.29, 0.717) is 11.5 Å². The van der Waals surface area contributed by atoms with Crippen molar-refractivity contribution in [2.75, 3.05) is 14.2 Å². The van der Waals surface area contributed by atoms with Gasteiger partial charge in [-0.05, 0) is 60.4 Å². The molecule has 0 bridgehead atoms. The Bertz CT molecular complexity index is 632. The van der Waals surface area contributed by atoms with Crippen LogP contribution < -0.4 is 9.47 Å². The lowest BCUT2D eigenvalue weighted by Crippen LogP contribution is -2.04. The number of hydrogen-bond acceptors (Lipinski definition) is 3. The summed E-state index contributed by atoms with van der Waals surface area (Å²) in [4.78, 5) is 0. The van der Waals surface area contributed by atoms with Gasteiger partial charge in [-0.3, -0.25) is 0 Å². The highest BCUT2D eigenvalue weighted by Crippen LogP contribution is 2.35. The molecule has 1 N–H and O–H groups in total. The molecule has 112 valence electrons. The summed E-state index contributed by atoms with van der Waals surface area (Å²) in [7, 11) is 3.19. The van der Waals surface area contributed by atoms with Gasteiger partial charge in [0, 0.05) is 4.47 Å². The molecule has 0 fully saturated rings. The van der Waals surface area contributed by atoms with Crippen molar-refractivity contribution in [3.8, 4) is 11.5 Å². The number of aliphatic hydroxyl groups excluding tert-OH is 1. The summed E-state index contributed by atoms with van der Waals surface area (Å²) >= 11 is 3.47. The molecular weight excluding hydrogens is 332 g/mol. The summed E-state index contributed by atoms with van der Waals surface area (Å²) in [6.45, 7) is 3.95. The maximum atomic E-state index is 10.7. The molecule has 2 aromatic carbocycles. The minimum absolute atomic E-state index is 0.615. The van der Waals surface area contributed by atoms with Gasteiger partial charge < -0.3 is 14.6 Å². The SMILES string of the molecule is COc1cc(C)c(C(O)c2cc(C)cc(Br)c2)cc1OC. The van der Waals surface area contributed by atoms with E-state index in [1.54, 1.807) is 14.2 Å². The number of aliphatic hydroxyl groups is 1. The van der Waals surface area contributed by atoms with Crippen molar-refractivity contribution in [3.63, 3.8) is 0 Å². The zero-order valence-corrected chi connectivity index (χ0v) is 14.2. The monoisotopic (exact) mass is 350 g/mol. The molecule has 0 saturated heterocycles. The molecule has 21 heavy (non-hydrogen) atoms. The van der Waals surface area contributed by atoms with E-state index in [1.807, 2.05) is 44.2 Å². The van der Waals surface area contributed by atoms with Gasteiger partial charge in [0.2, 0.25) is 0 Å². The summed E-state index contributed by atoms with van der Waals surface area (Å²) in [6.07, 6.45) is -0.707. The minimum atomic E-state index is -0.707. The second-order valence-corrected chi connectivity index (χ2v) is 5.94. The van der Waals surface area contributed by atoms with Crippen LogP contribution in [0.5, 0.6) is 11.5 Å². The molecule has 0 radical (unpaired) electrons. The molecule has 0 spiro atoms. The third-order valence-electron chi connectivity index (χ3n) is 3.45. The molecule has 1 atom stereocenters. The van der Waals surface area contributed by atoms with Crippen molar-refractivity contribution in [1.29, 1.82) is 0 Å². The molecule has 0 aliphatic carbocycles. The fourth-order valence-electron chi connectivity index (χ4n) is 2.39. The Hall–Kier alpha value is -1.52. The maximum Gasteiger partial charge on any atom is 0.161 e. The van der Waals surface area contributed by atoms with Gasteiger partial charge in [0.05, 0.1) is 14.2 Å². The molecule has 0 saturated carbocycles. The fourth-order valence-corrected chi connectivity index (χ4v) is 3.02. The summed E-state index contributed by atoms with van der Waals surface area (Å²) in [6, 6.07) is 9.62. The van der Waals surface area contributed by atoms with Crippen LogP contribution in [0, 0.1) is 13.8 Å². The predicted molar refractivity (Wildman–Crippen MR) is 87.2 cm³/mol. The van der Waals surface area contributed by atoms with E-state index in [9.17, 15) is 5.11 Å². The minimum Gasteiger partial charge on any atom is -0.493 e. The lowest BCUT2D eigenvalue weighted by molar-refractivity contribution is 0.218. The highest BCUT2D eigenvalue weighted by molar-refractivity contribution is 9.10. The molecule has 2 rings (SSSR count). The number of benzene rings is 2. The zero-order valence-electron chi connectivity index (χ0n) is 12.6. The maximum absolute atomic E-state index is 10.7. The fraction of sp³-hybridized carbons (Fsp3) is 0.294. The third kappa shape index (κ3) is 3.39. The van der Waals surface area contributed by atoms with E-state index in [1.165, 1.54) is 0 Å². The summed E-state index contributed by atoms with van der Waals surface area (Å²) in [5.74, 6) is 1.28. The molecule has 0 heterocycles. The molecule has 1 unspecified atom stereocenters. The Balaban J connectivity index is 2.49. The first-order valence-electron chi connectivity index (χ1n) is 6.64. The molecule has 0 aromatic heterocycles. The van der Waals surface area contributed by atoms with Crippen molar-refractivity contribution in [3.05, 3.63) is 57.1 Å². The average Bonchev–Trinajstić information content (AvgIpc) is 2.45. The van der Waals surface area contributed by atoms with E-state index in [4.69, 9.17) is 9.47 Å². The number of methoxy groups -OCH3 is 2. The van der Waals surface area contributed by atoms with Crippen molar-refractivity contribution in [1.82, 2.24) is 0 Å². The van der Waals surface area contributed by atoms with Gasteiger partial charge in [0.1, 0.15) is 6.10 Å². The van der Waals surface area contributed by atoms with Crippen LogP contribution in [-0.4, -0.2) is 19.3 Å². The van der Waals surface area contributed by atoms with Crippen LogP contribution in [0.1, 0.15) is 28.4 Å². The first-order chi connectivity index (χ1) is 9.96. The van der Waals surface area contributed by atoms with E-state index < -0.39 is 6.10 Å². The van der Waals surface area contributed by atoms with Gasteiger partial charge in [-0.2, -0.15) is 0 Å². The molecular formula is C17H19BrO3. The number of hydrogen-bond donors (Lipinski definition) is 1. The van der Waals surface area contributed by atoms with Gasteiger partial charge in [0.25, 0.3) is 0 Å². The van der Waals surface area contributed by atoms with Crippen LogP contribution in [0.15, 0.2) is 34.8 Å². The Labute approximate surface area is 133 Å². The Morgan fingerprint density at radius 2 is 1.57 bits per heavy atom. The van der Waals surface area contributed by atoms with Crippen molar-refractivity contribution >= 4 is 15.9 Å². The van der Waals surface area contributed by atoms with Crippen molar-refractivity contribution < 1.29 is 14.6 Å². The van der Waals surface area contributed by atoms with E-state index >= 15 is 0 Å². The van der Waals surface area contributed by atoms with E-state index in [-0.39, 0.29) is 0 Å². The van der Waals surface area contributed by atoms with Gasteiger partial charge in [0.15, 0.2) is 11.5 Å². The summed E-state index contributed by atoms with van der Waals surface area (Å²) in [5.41, 5.74) is 3.71. The molecule has 0 aliphatic heterocycles. The largest absolute Gasteiger partial charge is 0.493 e. The van der Waals surface area contributed by atoms with Crippen molar-refractivity contribution in [2.24, 2.45) is 0 Å². The van der Waals surface area contributed by atoms with Crippen LogP contribution >= 0.6 is 15.9 Å². The molecule has 3 nitrogen and oxygen atoms in total. The lowest BCUT2D eigenvalue weighted by atomic mass is 9.96. The first kappa shape index (κ1) is 15.9. The smallest absolute Gasteiger partial charge is 0.161 e. The van der Waals surface area contributed by atoms with E-state index in [0.717, 1.165) is 26.7 Å². The Morgan fingerprint density at radius 1 is 0.952 bits per heavy atom. The topological polar surface area (TPSA) is 38.7 Å². The second-order valence-electron chi connectivity index (χ2n) is 5.03.